The summed E-state index contributed by atoms with van der Waals surface area (Å²) in [5, 5.41) is 3.19. The van der Waals surface area contributed by atoms with E-state index in [9.17, 15) is 4.79 Å². The highest BCUT2D eigenvalue weighted by molar-refractivity contribution is 5.83. The van der Waals surface area contributed by atoms with Crippen molar-refractivity contribution >= 4 is 5.91 Å². The second kappa shape index (κ2) is 4.74. The average molecular weight is 226 g/mol. The van der Waals surface area contributed by atoms with E-state index in [0.29, 0.717) is 12.5 Å². The van der Waals surface area contributed by atoms with E-state index >= 15 is 0 Å². The Morgan fingerprint density at radius 2 is 1.81 bits per heavy atom. The number of carbonyl (C=O) groups excluding carboxylic acids is 1. The Morgan fingerprint density at radius 3 is 2.12 bits per heavy atom. The molecule has 16 heavy (non-hydrogen) atoms. The molecule has 0 spiro atoms. The normalized spacial score (nSPS) is 17.3. The Morgan fingerprint density at radius 1 is 1.31 bits per heavy atom. The van der Waals surface area contributed by atoms with Gasteiger partial charge in [-0.05, 0) is 45.4 Å². The van der Waals surface area contributed by atoms with Gasteiger partial charge in [-0.1, -0.05) is 13.8 Å². The Balaban J connectivity index is 2.68. The molecule has 1 aliphatic rings. The molecule has 0 aromatic carbocycles. The van der Waals surface area contributed by atoms with Crippen molar-refractivity contribution in [3.8, 4) is 0 Å². The molecule has 94 valence electrons. The molecule has 3 N–H and O–H groups in total. The van der Waals surface area contributed by atoms with Gasteiger partial charge in [-0.2, -0.15) is 0 Å². The Bertz CT molecular complexity index is 244. The van der Waals surface area contributed by atoms with E-state index in [2.05, 4.69) is 19.2 Å². The second-order valence-corrected chi connectivity index (χ2v) is 5.64. The van der Waals surface area contributed by atoms with Crippen LogP contribution in [-0.2, 0) is 4.79 Å². The molecule has 0 aliphatic heterocycles. The van der Waals surface area contributed by atoms with E-state index in [0.717, 1.165) is 12.8 Å². The van der Waals surface area contributed by atoms with Crippen molar-refractivity contribution in [2.45, 2.75) is 58.9 Å². The standard InChI is InChI=1S/C13H26N2O/c1-5-13(6-2,9-14)11(16)15-12(3,4)10-7-8-10/h10H,5-9,14H2,1-4H3,(H,15,16). The molecule has 0 radical (unpaired) electrons. The third kappa shape index (κ3) is 2.57. The molecule has 1 saturated carbocycles. The number of carbonyl (C=O) groups is 1. The molecule has 0 heterocycles. The lowest BCUT2D eigenvalue weighted by atomic mass is 9.80. The highest BCUT2D eigenvalue weighted by Crippen LogP contribution is 2.40. The van der Waals surface area contributed by atoms with Gasteiger partial charge in [-0.25, -0.2) is 0 Å². The van der Waals surface area contributed by atoms with Gasteiger partial charge in [0.2, 0.25) is 5.91 Å². The summed E-state index contributed by atoms with van der Waals surface area (Å²) in [6, 6.07) is 0. The van der Waals surface area contributed by atoms with Crippen molar-refractivity contribution < 1.29 is 4.79 Å². The molecule has 0 bridgehead atoms. The van der Waals surface area contributed by atoms with Gasteiger partial charge < -0.3 is 11.1 Å². The van der Waals surface area contributed by atoms with Gasteiger partial charge in [0, 0.05) is 12.1 Å². The minimum atomic E-state index is -0.369. The fourth-order valence-electron chi connectivity index (χ4n) is 2.28. The van der Waals surface area contributed by atoms with E-state index in [4.69, 9.17) is 5.73 Å². The van der Waals surface area contributed by atoms with Gasteiger partial charge in [0.05, 0.1) is 5.41 Å². The number of rotatable bonds is 6. The maximum absolute atomic E-state index is 12.3. The van der Waals surface area contributed by atoms with Crippen LogP contribution in [0, 0.1) is 11.3 Å². The largest absolute Gasteiger partial charge is 0.350 e. The minimum absolute atomic E-state index is 0.0676. The fraction of sp³-hybridized carbons (Fsp3) is 0.923. The van der Waals surface area contributed by atoms with Crippen LogP contribution in [0.2, 0.25) is 0 Å². The quantitative estimate of drug-likeness (QED) is 0.728. The van der Waals surface area contributed by atoms with Crippen LogP contribution in [0.1, 0.15) is 53.4 Å². The summed E-state index contributed by atoms with van der Waals surface area (Å²) < 4.78 is 0. The third-order valence-corrected chi connectivity index (χ3v) is 4.26. The first-order valence-corrected chi connectivity index (χ1v) is 6.44. The van der Waals surface area contributed by atoms with Crippen molar-refractivity contribution in [2.24, 2.45) is 17.1 Å². The van der Waals surface area contributed by atoms with Crippen molar-refractivity contribution in [3.63, 3.8) is 0 Å². The molecule has 0 aromatic heterocycles. The number of hydrogen-bond donors (Lipinski definition) is 2. The fourth-order valence-corrected chi connectivity index (χ4v) is 2.28. The van der Waals surface area contributed by atoms with E-state index in [1.165, 1.54) is 12.8 Å². The number of hydrogen-bond acceptors (Lipinski definition) is 2. The van der Waals surface area contributed by atoms with Gasteiger partial charge >= 0.3 is 0 Å². The summed E-state index contributed by atoms with van der Waals surface area (Å²) in [4.78, 5) is 12.3. The van der Waals surface area contributed by atoms with Gasteiger partial charge in [0.1, 0.15) is 0 Å². The molecule has 0 saturated heterocycles. The van der Waals surface area contributed by atoms with Crippen molar-refractivity contribution in [1.82, 2.24) is 5.32 Å². The SMILES string of the molecule is CCC(CC)(CN)C(=O)NC(C)(C)C1CC1. The first-order chi connectivity index (χ1) is 7.41. The molecule has 3 nitrogen and oxygen atoms in total. The summed E-state index contributed by atoms with van der Waals surface area (Å²) in [6.45, 7) is 8.76. The first-order valence-electron chi connectivity index (χ1n) is 6.44. The summed E-state index contributed by atoms with van der Waals surface area (Å²) in [5.74, 6) is 0.789. The average Bonchev–Trinajstić information content (AvgIpc) is 3.04. The van der Waals surface area contributed by atoms with Gasteiger partial charge in [0.15, 0.2) is 0 Å². The van der Waals surface area contributed by atoms with E-state index in [1.807, 2.05) is 13.8 Å². The lowest BCUT2D eigenvalue weighted by molar-refractivity contribution is -0.133. The lowest BCUT2D eigenvalue weighted by Crippen LogP contribution is -2.53. The van der Waals surface area contributed by atoms with E-state index in [-0.39, 0.29) is 16.9 Å². The Labute approximate surface area is 99.2 Å². The van der Waals surface area contributed by atoms with Crippen LogP contribution in [0.5, 0.6) is 0 Å². The molecule has 1 fully saturated rings. The summed E-state index contributed by atoms with van der Waals surface area (Å²) >= 11 is 0. The molecular weight excluding hydrogens is 200 g/mol. The van der Waals surface area contributed by atoms with Crippen LogP contribution in [0.25, 0.3) is 0 Å². The molecular formula is C13H26N2O. The predicted octanol–water partition coefficient (Wildman–Crippen LogP) is 2.06. The van der Waals surface area contributed by atoms with Crippen LogP contribution < -0.4 is 11.1 Å². The number of nitrogens with two attached hydrogens (primary N) is 1. The zero-order chi connectivity index (χ0) is 12.4. The highest BCUT2D eigenvalue weighted by Gasteiger charge is 2.42. The first kappa shape index (κ1) is 13.5. The molecule has 0 unspecified atom stereocenters. The van der Waals surface area contributed by atoms with Crippen LogP contribution in [-0.4, -0.2) is 18.0 Å². The van der Waals surface area contributed by atoms with Crippen LogP contribution in [0.15, 0.2) is 0 Å². The summed E-state index contributed by atoms with van der Waals surface area (Å²) in [6.07, 6.45) is 4.10. The topological polar surface area (TPSA) is 55.1 Å². The molecule has 3 heteroatoms. The van der Waals surface area contributed by atoms with Gasteiger partial charge in [-0.3, -0.25) is 4.79 Å². The van der Waals surface area contributed by atoms with Gasteiger partial charge in [-0.15, -0.1) is 0 Å². The smallest absolute Gasteiger partial charge is 0.227 e. The van der Waals surface area contributed by atoms with Crippen molar-refractivity contribution in [2.75, 3.05) is 6.54 Å². The number of amides is 1. The minimum Gasteiger partial charge on any atom is -0.350 e. The van der Waals surface area contributed by atoms with E-state index < -0.39 is 0 Å². The van der Waals surface area contributed by atoms with Crippen molar-refractivity contribution in [1.29, 1.82) is 0 Å². The Hall–Kier alpha value is -0.570. The number of nitrogens with one attached hydrogen (secondary N) is 1. The maximum atomic E-state index is 12.3. The lowest BCUT2D eigenvalue weighted by Gasteiger charge is -2.35. The highest BCUT2D eigenvalue weighted by atomic mass is 16.2. The van der Waals surface area contributed by atoms with Crippen molar-refractivity contribution in [3.05, 3.63) is 0 Å². The monoisotopic (exact) mass is 226 g/mol. The van der Waals surface area contributed by atoms with Gasteiger partial charge in [0.25, 0.3) is 0 Å². The molecule has 1 rings (SSSR count). The zero-order valence-electron chi connectivity index (χ0n) is 11.1. The van der Waals surface area contributed by atoms with E-state index in [1.54, 1.807) is 0 Å². The second-order valence-electron chi connectivity index (χ2n) is 5.64. The predicted molar refractivity (Wildman–Crippen MR) is 67.0 cm³/mol. The maximum Gasteiger partial charge on any atom is 0.227 e. The zero-order valence-corrected chi connectivity index (χ0v) is 11.1. The van der Waals surface area contributed by atoms with Crippen LogP contribution >= 0.6 is 0 Å². The molecule has 0 aromatic rings. The molecule has 1 amide bonds. The van der Waals surface area contributed by atoms with Crippen LogP contribution in [0.3, 0.4) is 0 Å². The molecule has 1 aliphatic carbocycles. The Kier molecular flexibility index (Phi) is 4.00. The van der Waals surface area contributed by atoms with Crippen LogP contribution in [0.4, 0.5) is 0 Å². The molecule has 0 atom stereocenters. The summed E-state index contributed by atoms with van der Waals surface area (Å²) in [5.41, 5.74) is 5.34. The summed E-state index contributed by atoms with van der Waals surface area (Å²) in [7, 11) is 0. The third-order valence-electron chi connectivity index (χ3n) is 4.26.